The van der Waals surface area contributed by atoms with Gasteiger partial charge in [-0.25, -0.2) is 17.5 Å². The molecule has 0 spiro atoms. The first-order valence-corrected chi connectivity index (χ1v) is 11.4. The number of hydrogen-bond donors (Lipinski definition) is 2. The molecule has 0 radical (unpaired) electrons. The van der Waals surface area contributed by atoms with Crippen LogP contribution >= 0.6 is 11.6 Å². The van der Waals surface area contributed by atoms with Crippen LogP contribution in [0.2, 0.25) is 5.02 Å². The zero-order valence-electron chi connectivity index (χ0n) is 16.3. The molecular formula is C21H24ClFN2O3S. The minimum absolute atomic E-state index is 0.0558. The largest absolute Gasteiger partial charge is 0.345 e. The van der Waals surface area contributed by atoms with Gasteiger partial charge in [-0.15, -0.1) is 0 Å². The lowest BCUT2D eigenvalue weighted by molar-refractivity contribution is 0.0936. The number of benzene rings is 2. The lowest BCUT2D eigenvalue weighted by Crippen LogP contribution is -2.28. The molecule has 2 aromatic rings. The highest BCUT2D eigenvalue weighted by Gasteiger charge is 2.26. The summed E-state index contributed by atoms with van der Waals surface area (Å²) >= 11 is 6.09. The van der Waals surface area contributed by atoms with Crippen molar-refractivity contribution in [3.8, 4) is 0 Å². The van der Waals surface area contributed by atoms with Gasteiger partial charge in [0.05, 0.1) is 11.1 Å². The molecule has 8 heteroatoms. The first-order chi connectivity index (χ1) is 13.7. The van der Waals surface area contributed by atoms with Gasteiger partial charge in [-0.2, -0.15) is 0 Å². The fraction of sp³-hybridized carbons (Fsp3) is 0.381. The SMILES string of the molecule is CC(C)CCNS(=O)(=O)c1cc(C(=O)NC2CCc3cc(F)ccc32)ccc1Cl. The highest BCUT2D eigenvalue weighted by Crippen LogP contribution is 2.32. The van der Waals surface area contributed by atoms with Gasteiger partial charge in [0.25, 0.3) is 5.91 Å². The number of amides is 1. The van der Waals surface area contributed by atoms with Crippen molar-refractivity contribution in [1.82, 2.24) is 10.0 Å². The monoisotopic (exact) mass is 438 g/mol. The van der Waals surface area contributed by atoms with Crippen LogP contribution in [-0.2, 0) is 16.4 Å². The number of carbonyl (C=O) groups is 1. The van der Waals surface area contributed by atoms with Gasteiger partial charge in [0, 0.05) is 12.1 Å². The van der Waals surface area contributed by atoms with Crippen LogP contribution in [0.15, 0.2) is 41.3 Å². The molecule has 1 amide bonds. The summed E-state index contributed by atoms with van der Waals surface area (Å²) in [6.07, 6.45) is 2.04. The highest BCUT2D eigenvalue weighted by molar-refractivity contribution is 7.89. The minimum atomic E-state index is -3.83. The molecule has 1 atom stereocenters. The molecule has 0 aliphatic heterocycles. The number of carbonyl (C=O) groups excluding carboxylic acids is 1. The molecule has 5 nitrogen and oxygen atoms in total. The number of nitrogens with one attached hydrogen (secondary N) is 2. The van der Waals surface area contributed by atoms with Crippen molar-refractivity contribution < 1.29 is 17.6 Å². The van der Waals surface area contributed by atoms with Gasteiger partial charge in [-0.3, -0.25) is 4.79 Å². The van der Waals surface area contributed by atoms with Crippen molar-refractivity contribution in [1.29, 1.82) is 0 Å². The summed E-state index contributed by atoms with van der Waals surface area (Å²) in [6, 6.07) is 8.49. The molecule has 2 aromatic carbocycles. The van der Waals surface area contributed by atoms with Gasteiger partial charge in [0.1, 0.15) is 10.7 Å². The van der Waals surface area contributed by atoms with Gasteiger partial charge in [0.15, 0.2) is 0 Å². The van der Waals surface area contributed by atoms with Crippen LogP contribution in [0.5, 0.6) is 0 Å². The van der Waals surface area contributed by atoms with Crippen LogP contribution in [0, 0.1) is 11.7 Å². The van der Waals surface area contributed by atoms with E-state index in [1.165, 1.54) is 30.3 Å². The molecular weight excluding hydrogens is 415 g/mol. The normalized spacial score (nSPS) is 16.1. The molecule has 0 bridgehead atoms. The molecule has 0 saturated carbocycles. The average Bonchev–Trinajstić information content (AvgIpc) is 3.03. The first kappa shape index (κ1) is 21.7. The molecule has 29 heavy (non-hydrogen) atoms. The minimum Gasteiger partial charge on any atom is -0.345 e. The number of rotatable bonds is 7. The second-order valence-electron chi connectivity index (χ2n) is 7.63. The predicted octanol–water partition coefficient (Wildman–Crippen LogP) is 4.22. The van der Waals surface area contributed by atoms with Gasteiger partial charge < -0.3 is 5.32 Å². The highest BCUT2D eigenvalue weighted by atomic mass is 35.5. The van der Waals surface area contributed by atoms with Gasteiger partial charge in [-0.1, -0.05) is 31.5 Å². The predicted molar refractivity (Wildman–Crippen MR) is 111 cm³/mol. The van der Waals surface area contributed by atoms with E-state index in [0.29, 0.717) is 31.7 Å². The van der Waals surface area contributed by atoms with Gasteiger partial charge in [-0.05, 0) is 66.6 Å². The Hall–Kier alpha value is -1.96. The number of hydrogen-bond acceptors (Lipinski definition) is 3. The van der Waals surface area contributed by atoms with E-state index in [1.807, 2.05) is 13.8 Å². The van der Waals surface area contributed by atoms with Crippen molar-refractivity contribution in [2.24, 2.45) is 5.92 Å². The van der Waals surface area contributed by atoms with E-state index in [2.05, 4.69) is 10.0 Å². The van der Waals surface area contributed by atoms with Gasteiger partial charge >= 0.3 is 0 Å². The maximum atomic E-state index is 13.4. The van der Waals surface area contributed by atoms with Crippen LogP contribution in [0.25, 0.3) is 0 Å². The first-order valence-electron chi connectivity index (χ1n) is 9.56. The fourth-order valence-electron chi connectivity index (χ4n) is 3.39. The molecule has 1 unspecified atom stereocenters. The summed E-state index contributed by atoms with van der Waals surface area (Å²) in [5.74, 6) is -0.344. The number of fused-ring (bicyclic) bond motifs is 1. The molecule has 0 saturated heterocycles. The molecule has 1 aliphatic rings. The number of sulfonamides is 1. The van der Waals surface area contributed by atoms with Crippen molar-refractivity contribution in [2.75, 3.05) is 6.54 Å². The van der Waals surface area contributed by atoms with E-state index in [0.717, 1.165) is 11.1 Å². The standard InChI is InChI=1S/C21H24ClFN2O3S/c1-13(2)9-10-24-29(27,28)20-12-15(3-7-18(20)22)21(26)25-19-8-4-14-11-16(23)5-6-17(14)19/h3,5-7,11-13,19,24H,4,8-10H2,1-2H3,(H,25,26). The summed E-state index contributed by atoms with van der Waals surface area (Å²) in [5, 5.41) is 2.96. The Morgan fingerprint density at radius 3 is 2.72 bits per heavy atom. The summed E-state index contributed by atoms with van der Waals surface area (Å²) < 4.78 is 41.1. The summed E-state index contributed by atoms with van der Waals surface area (Å²) in [6.45, 7) is 4.30. The Bertz CT molecular complexity index is 1020. The maximum Gasteiger partial charge on any atom is 0.251 e. The third kappa shape index (κ3) is 5.15. The van der Waals surface area contributed by atoms with E-state index >= 15 is 0 Å². The molecule has 3 rings (SSSR count). The zero-order valence-corrected chi connectivity index (χ0v) is 17.9. The summed E-state index contributed by atoms with van der Waals surface area (Å²) in [5.41, 5.74) is 1.97. The third-order valence-corrected chi connectivity index (χ3v) is 6.93. The molecule has 0 aromatic heterocycles. The number of aryl methyl sites for hydroxylation is 1. The third-order valence-electron chi connectivity index (χ3n) is 4.98. The van der Waals surface area contributed by atoms with Crippen molar-refractivity contribution in [2.45, 2.75) is 44.0 Å². The van der Waals surface area contributed by atoms with Crippen molar-refractivity contribution in [3.05, 3.63) is 63.9 Å². The zero-order chi connectivity index (χ0) is 21.2. The Balaban J connectivity index is 1.77. The summed E-state index contributed by atoms with van der Waals surface area (Å²) in [7, 11) is -3.83. The van der Waals surface area contributed by atoms with Crippen LogP contribution in [0.3, 0.4) is 0 Å². The molecule has 0 fully saturated rings. The average molecular weight is 439 g/mol. The van der Waals surface area contributed by atoms with E-state index in [9.17, 15) is 17.6 Å². The van der Waals surface area contributed by atoms with Crippen LogP contribution < -0.4 is 10.0 Å². The van der Waals surface area contributed by atoms with Crippen LogP contribution in [-0.4, -0.2) is 20.9 Å². The quantitative estimate of drug-likeness (QED) is 0.679. The lowest BCUT2D eigenvalue weighted by atomic mass is 10.1. The Morgan fingerprint density at radius 1 is 1.24 bits per heavy atom. The van der Waals surface area contributed by atoms with E-state index in [4.69, 9.17) is 11.6 Å². The smallest absolute Gasteiger partial charge is 0.251 e. The van der Waals surface area contributed by atoms with E-state index in [-0.39, 0.29) is 27.3 Å². The van der Waals surface area contributed by atoms with Crippen LogP contribution in [0.4, 0.5) is 4.39 Å². The van der Waals surface area contributed by atoms with Crippen LogP contribution in [0.1, 0.15) is 54.2 Å². The van der Waals surface area contributed by atoms with E-state index < -0.39 is 15.9 Å². The maximum absolute atomic E-state index is 13.4. The Labute approximate surface area is 175 Å². The van der Waals surface area contributed by atoms with Gasteiger partial charge in [0.2, 0.25) is 10.0 Å². The molecule has 0 heterocycles. The Kier molecular flexibility index (Phi) is 6.61. The topological polar surface area (TPSA) is 75.3 Å². The lowest BCUT2D eigenvalue weighted by Gasteiger charge is -2.15. The molecule has 156 valence electrons. The van der Waals surface area contributed by atoms with Crippen molar-refractivity contribution in [3.63, 3.8) is 0 Å². The Morgan fingerprint density at radius 2 is 2.00 bits per heavy atom. The second kappa shape index (κ2) is 8.81. The molecule has 1 aliphatic carbocycles. The second-order valence-corrected chi connectivity index (χ2v) is 9.78. The summed E-state index contributed by atoms with van der Waals surface area (Å²) in [4.78, 5) is 12.6. The molecule has 2 N–H and O–H groups in total. The van der Waals surface area contributed by atoms with E-state index in [1.54, 1.807) is 6.07 Å². The fourth-order valence-corrected chi connectivity index (χ4v) is 4.96. The number of halogens is 2. The van der Waals surface area contributed by atoms with Crippen molar-refractivity contribution >= 4 is 27.5 Å².